The van der Waals surface area contributed by atoms with Gasteiger partial charge in [0.1, 0.15) is 29.5 Å². The number of carbonyl (C=O) groups excluding carboxylic acids is 3. The van der Waals surface area contributed by atoms with E-state index >= 15 is 0 Å². The molecule has 4 N–H and O–H groups in total. The lowest BCUT2D eigenvalue weighted by Crippen LogP contribution is -2.59. The van der Waals surface area contributed by atoms with E-state index in [0.717, 1.165) is 4.90 Å². The second kappa shape index (κ2) is 15.9. The Morgan fingerprint density at radius 1 is 1.14 bits per heavy atom. The monoisotopic (exact) mass is 824 g/mol. The number of allylic oxidation sites excluding steroid dienone is 1. The molecule has 3 heterocycles. The molecule has 2 aliphatic carbocycles. The van der Waals surface area contributed by atoms with Crippen LogP contribution in [0.1, 0.15) is 71.4 Å². The topological polar surface area (TPSA) is 215 Å². The minimum absolute atomic E-state index is 0.0173. The number of carbonyl (C=O) groups is 4. The third-order valence-corrected chi connectivity index (χ3v) is 13.4. The highest BCUT2D eigenvalue weighted by Gasteiger charge is 2.63. The third kappa shape index (κ3) is 8.90. The predicted octanol–water partition coefficient (Wildman–Crippen LogP) is 3.54. The van der Waals surface area contributed by atoms with Crippen LogP contribution in [-0.2, 0) is 35.3 Å². The van der Waals surface area contributed by atoms with Crippen LogP contribution in [0.2, 0.25) is 0 Å². The first kappa shape index (κ1) is 41.9. The molecule has 57 heavy (non-hydrogen) atoms. The molecule has 2 aliphatic heterocycles. The minimum Gasteiger partial charge on any atom is -0.494 e. The number of nitrogens with zero attached hydrogens (tertiary/aromatic N) is 3. The first-order valence-electron chi connectivity index (χ1n) is 18.8. The molecule has 3 fully saturated rings. The van der Waals surface area contributed by atoms with E-state index in [0.29, 0.717) is 37.9 Å². The quantitative estimate of drug-likeness (QED) is 0.253. The van der Waals surface area contributed by atoms with E-state index in [1.54, 1.807) is 13.0 Å². The van der Waals surface area contributed by atoms with Crippen molar-refractivity contribution < 1.29 is 60.1 Å². The number of aromatic nitrogens is 2. The average Bonchev–Trinajstić information content (AvgIpc) is 4.01. The fourth-order valence-electron chi connectivity index (χ4n) is 7.62. The molecule has 0 bridgehead atoms. The molecule has 16 nitrogen and oxygen atoms in total. The summed E-state index contributed by atoms with van der Waals surface area (Å²) in [7, 11) is -2.73. The van der Waals surface area contributed by atoms with Gasteiger partial charge in [0.05, 0.1) is 35.5 Å². The van der Waals surface area contributed by atoms with Crippen molar-refractivity contribution in [2.24, 2.45) is 17.8 Å². The van der Waals surface area contributed by atoms with Crippen LogP contribution in [-0.4, -0.2) is 108 Å². The first-order chi connectivity index (χ1) is 26.8. The molecule has 0 radical (unpaired) electrons. The molecule has 7 atom stereocenters. The van der Waals surface area contributed by atoms with Crippen LogP contribution in [0.5, 0.6) is 11.6 Å². The molecule has 20 heteroatoms. The van der Waals surface area contributed by atoms with Gasteiger partial charge in [0.2, 0.25) is 33.4 Å². The number of nitrogens with one attached hydrogen (secondary N) is 3. The van der Waals surface area contributed by atoms with E-state index in [1.807, 2.05) is 13.0 Å². The van der Waals surface area contributed by atoms with Crippen molar-refractivity contribution in [1.29, 1.82) is 0 Å². The lowest BCUT2D eigenvalue weighted by molar-refractivity contribution is -0.143. The summed E-state index contributed by atoms with van der Waals surface area (Å²) in [5, 5.41) is 14.8. The molecule has 2 saturated carbocycles. The number of benzene rings is 1. The summed E-state index contributed by atoms with van der Waals surface area (Å²) in [5.41, 5.74) is -3.26. The predicted molar refractivity (Wildman–Crippen MR) is 196 cm³/mol. The molecule has 1 aromatic heterocycles. The van der Waals surface area contributed by atoms with Crippen molar-refractivity contribution in [3.8, 4) is 11.6 Å². The van der Waals surface area contributed by atoms with Crippen LogP contribution in [0.25, 0.3) is 11.0 Å². The zero-order valence-corrected chi connectivity index (χ0v) is 32.7. The summed E-state index contributed by atoms with van der Waals surface area (Å²) in [6.07, 6.45) is -2.56. The number of amides is 4. The highest BCUT2D eigenvalue weighted by atomic mass is 32.2. The number of fused-ring (bicyclic) bond motifs is 3. The molecule has 4 aliphatic rings. The summed E-state index contributed by atoms with van der Waals surface area (Å²) in [4.78, 5) is 63.8. The third-order valence-electron chi connectivity index (χ3n) is 11.2. The van der Waals surface area contributed by atoms with E-state index in [-0.39, 0.29) is 36.6 Å². The van der Waals surface area contributed by atoms with Crippen molar-refractivity contribution >= 4 is 44.9 Å². The maximum absolute atomic E-state index is 14.6. The van der Waals surface area contributed by atoms with Gasteiger partial charge in [-0.15, -0.1) is 0 Å². The minimum atomic E-state index is -5.03. The number of rotatable bonds is 10. The van der Waals surface area contributed by atoms with Crippen molar-refractivity contribution in [3.05, 3.63) is 36.0 Å². The van der Waals surface area contributed by atoms with Crippen LogP contribution in [0.3, 0.4) is 0 Å². The van der Waals surface area contributed by atoms with Gasteiger partial charge in [-0.25, -0.2) is 23.2 Å². The highest BCUT2D eigenvalue weighted by Crippen LogP contribution is 2.48. The molecule has 2 aromatic rings. The van der Waals surface area contributed by atoms with E-state index < -0.39 is 105 Å². The Labute approximate surface area is 327 Å². The van der Waals surface area contributed by atoms with Gasteiger partial charge in [0.25, 0.3) is 5.91 Å². The fourth-order valence-corrected chi connectivity index (χ4v) is 8.94. The SMILES string of the molecule is CCOc1ccc2nc(C(F)(F)F)c(O[C@@H]3C[C@H]4C(=O)N[C@]5(C(=O)NS(=O)(=O)C6(C)CC6)C[C@H]5/C=C\CC[C@@H](C)C[C@@H](COC)[C@H](NC(=O)O)C(=O)N4C3)nc2c1. The van der Waals surface area contributed by atoms with Crippen molar-refractivity contribution in [3.63, 3.8) is 0 Å². The van der Waals surface area contributed by atoms with Crippen molar-refractivity contribution in [2.45, 2.75) is 100 Å². The standard InChI is InChI=1S/C37H47F3N6O10S/c1-5-55-23-10-11-25-26(15-23)42-31(29(41-25)37(38,39)40)56-24-16-27-30(47)44-36(33(49)45-57(52,53)35(3)12-13-35)17-22(36)9-7-6-8-20(2)14-21(19-54-4)28(43-34(50)51)32(48)46(27)18-24/h7,9-11,15,20-22,24,27-28,43H,5-6,8,12-14,16-19H2,1-4H3,(H,44,47)(H,45,49)(H,50,51)/b9-7-/t20-,21+,22-,24-,27+,28+,36-/m1/s1. The molecular weight excluding hydrogens is 777 g/mol. The Hall–Kier alpha value is -4.72. The number of sulfonamides is 1. The molecule has 6 rings (SSSR count). The van der Waals surface area contributed by atoms with E-state index in [4.69, 9.17) is 14.2 Å². The summed E-state index contributed by atoms with van der Waals surface area (Å²) >= 11 is 0. The van der Waals surface area contributed by atoms with Gasteiger partial charge in [-0.1, -0.05) is 19.1 Å². The van der Waals surface area contributed by atoms with Gasteiger partial charge in [0, 0.05) is 31.4 Å². The molecule has 312 valence electrons. The molecule has 4 amide bonds. The normalized spacial score (nSPS) is 29.5. The zero-order chi connectivity index (χ0) is 41.5. The second-order valence-electron chi connectivity index (χ2n) is 15.6. The number of hydrogen-bond donors (Lipinski definition) is 4. The van der Waals surface area contributed by atoms with Crippen LogP contribution >= 0.6 is 0 Å². The Balaban J connectivity index is 1.39. The smallest absolute Gasteiger partial charge is 0.438 e. The average molecular weight is 825 g/mol. The van der Waals surface area contributed by atoms with Crippen LogP contribution < -0.4 is 24.8 Å². The molecular formula is C37H47F3N6O10S. The van der Waals surface area contributed by atoms with Crippen LogP contribution in [0.15, 0.2) is 30.4 Å². The van der Waals surface area contributed by atoms with E-state index in [9.17, 15) is 45.9 Å². The Morgan fingerprint density at radius 2 is 1.88 bits per heavy atom. The van der Waals surface area contributed by atoms with Gasteiger partial charge < -0.3 is 34.9 Å². The molecule has 0 unspecified atom stereocenters. The van der Waals surface area contributed by atoms with Crippen LogP contribution in [0, 0.1) is 17.8 Å². The largest absolute Gasteiger partial charge is 0.494 e. The number of ether oxygens (including phenoxy) is 3. The fraction of sp³-hybridized carbons (Fsp3) is 0.622. The lowest BCUT2D eigenvalue weighted by atomic mass is 9.87. The van der Waals surface area contributed by atoms with Gasteiger partial charge in [-0.3, -0.25) is 19.1 Å². The Morgan fingerprint density at radius 3 is 2.53 bits per heavy atom. The number of alkyl halides is 3. The maximum Gasteiger partial charge on any atom is 0.438 e. The summed E-state index contributed by atoms with van der Waals surface area (Å²) in [6.45, 7) is 4.88. The first-order valence-corrected chi connectivity index (χ1v) is 20.3. The van der Waals surface area contributed by atoms with Crippen molar-refractivity contribution in [1.82, 2.24) is 30.2 Å². The molecule has 1 aromatic carbocycles. The Bertz CT molecular complexity index is 2050. The van der Waals surface area contributed by atoms with Gasteiger partial charge >= 0.3 is 12.3 Å². The number of hydrogen-bond acceptors (Lipinski definition) is 11. The number of halogens is 3. The van der Waals surface area contributed by atoms with Crippen LogP contribution in [0.4, 0.5) is 18.0 Å². The highest BCUT2D eigenvalue weighted by molar-refractivity contribution is 7.91. The maximum atomic E-state index is 14.6. The summed E-state index contributed by atoms with van der Waals surface area (Å²) in [5.74, 6) is -4.76. The lowest BCUT2D eigenvalue weighted by Gasteiger charge is -2.33. The van der Waals surface area contributed by atoms with Gasteiger partial charge in [0.15, 0.2) is 0 Å². The summed E-state index contributed by atoms with van der Waals surface area (Å²) < 4.78 is 87.3. The molecule has 1 saturated heterocycles. The summed E-state index contributed by atoms with van der Waals surface area (Å²) in [6, 6.07) is 1.19. The Kier molecular flexibility index (Phi) is 11.7. The number of methoxy groups -OCH3 is 1. The molecule has 0 spiro atoms. The second-order valence-corrected chi connectivity index (χ2v) is 17.8. The van der Waals surface area contributed by atoms with E-state index in [2.05, 4.69) is 25.3 Å². The zero-order valence-electron chi connectivity index (χ0n) is 31.9. The van der Waals surface area contributed by atoms with Gasteiger partial charge in [-0.2, -0.15) is 13.2 Å². The van der Waals surface area contributed by atoms with Gasteiger partial charge in [-0.05, 0) is 70.4 Å². The van der Waals surface area contributed by atoms with Crippen molar-refractivity contribution in [2.75, 3.05) is 26.9 Å². The van der Waals surface area contributed by atoms with E-state index in [1.165, 1.54) is 32.2 Å². The number of carboxylic acid groups (broad SMARTS) is 1.